The van der Waals surface area contributed by atoms with Gasteiger partial charge in [-0.05, 0) is 19.3 Å². The van der Waals surface area contributed by atoms with Gasteiger partial charge in [0.25, 0.3) is 0 Å². The molecular formula is C13H25KO4. The molecule has 1 unspecified atom stereocenters. The monoisotopic (exact) mass is 284 g/mol. The van der Waals surface area contributed by atoms with E-state index in [-0.39, 0.29) is 63.7 Å². The molecule has 4 nitrogen and oxygen atoms in total. The van der Waals surface area contributed by atoms with Crippen molar-refractivity contribution < 1.29 is 19.8 Å². The Morgan fingerprint density at radius 2 is 1.50 bits per heavy atom. The van der Waals surface area contributed by atoms with Gasteiger partial charge < -0.3 is 10.2 Å². The van der Waals surface area contributed by atoms with Crippen molar-refractivity contribution in [3.05, 3.63) is 0 Å². The van der Waals surface area contributed by atoms with Crippen molar-refractivity contribution in [2.45, 2.75) is 64.7 Å². The summed E-state index contributed by atoms with van der Waals surface area (Å²) < 4.78 is 0. The van der Waals surface area contributed by atoms with Crippen LogP contribution in [0.25, 0.3) is 0 Å². The minimum atomic E-state index is -0.850. The van der Waals surface area contributed by atoms with Crippen LogP contribution in [0.5, 0.6) is 0 Å². The summed E-state index contributed by atoms with van der Waals surface area (Å²) in [4.78, 5) is 21.3. The van der Waals surface area contributed by atoms with Gasteiger partial charge in [0.05, 0.1) is 5.92 Å². The molecule has 0 fully saturated rings. The van der Waals surface area contributed by atoms with Crippen LogP contribution >= 0.6 is 0 Å². The molecular weight excluding hydrogens is 259 g/mol. The minimum absolute atomic E-state index is 0. The summed E-state index contributed by atoms with van der Waals surface area (Å²) in [7, 11) is 0. The van der Waals surface area contributed by atoms with E-state index >= 15 is 0 Å². The van der Waals surface area contributed by atoms with Gasteiger partial charge in [0.1, 0.15) is 0 Å². The Morgan fingerprint density at radius 1 is 0.944 bits per heavy atom. The Morgan fingerprint density at radius 3 is 2.00 bits per heavy atom. The summed E-state index contributed by atoms with van der Waals surface area (Å²) in [5.74, 6) is -2.00. The van der Waals surface area contributed by atoms with Gasteiger partial charge in [-0.15, -0.1) is 0 Å². The number of unbranched alkanes of at least 4 members (excludes halogenated alkanes) is 4. The van der Waals surface area contributed by atoms with Crippen LogP contribution in [0.2, 0.25) is 0 Å². The first kappa shape index (κ1) is 20.9. The van der Waals surface area contributed by atoms with Crippen LogP contribution in [-0.4, -0.2) is 73.5 Å². The fraction of sp³-hybridized carbons (Fsp3) is 0.846. The van der Waals surface area contributed by atoms with Gasteiger partial charge in [0, 0.05) is 6.42 Å². The fourth-order valence-corrected chi connectivity index (χ4v) is 1.89. The van der Waals surface area contributed by atoms with Crippen LogP contribution in [0.3, 0.4) is 0 Å². The van der Waals surface area contributed by atoms with Gasteiger partial charge in [-0.1, -0.05) is 39.0 Å². The van der Waals surface area contributed by atoms with Crippen LogP contribution in [0.4, 0.5) is 0 Å². The second-order valence-corrected chi connectivity index (χ2v) is 4.52. The zero-order valence-electron chi connectivity index (χ0n) is 10.7. The first-order chi connectivity index (χ1) is 8.07. The van der Waals surface area contributed by atoms with E-state index in [1.165, 1.54) is 12.8 Å². The van der Waals surface area contributed by atoms with Crippen LogP contribution < -0.4 is 0 Å². The van der Waals surface area contributed by atoms with Gasteiger partial charge in [-0.25, -0.2) is 0 Å². The third-order valence-corrected chi connectivity index (χ3v) is 2.95. The Kier molecular flexibility index (Phi) is 16.2. The molecule has 5 heteroatoms. The quantitative estimate of drug-likeness (QED) is 0.452. The summed E-state index contributed by atoms with van der Waals surface area (Å²) >= 11 is 0. The van der Waals surface area contributed by atoms with E-state index in [0.717, 1.165) is 19.3 Å². The molecule has 0 amide bonds. The predicted molar refractivity (Wildman–Crippen MR) is 73.1 cm³/mol. The molecule has 0 aliphatic carbocycles. The predicted octanol–water partition coefficient (Wildman–Crippen LogP) is 2.65. The van der Waals surface area contributed by atoms with Crippen molar-refractivity contribution >= 4 is 63.3 Å². The topological polar surface area (TPSA) is 74.6 Å². The van der Waals surface area contributed by atoms with Crippen molar-refractivity contribution in [3.63, 3.8) is 0 Å². The molecule has 2 N–H and O–H groups in total. The Bertz CT molecular complexity index is 231. The standard InChI is InChI=1S/C13H24O4.K.H/c1-2-3-4-5-6-8-11(13(16)17)9-7-10-12(14)15;;/h11H,2-10H2,1H3,(H,14,15)(H,16,17);;. The number of rotatable bonds is 11. The third-order valence-electron chi connectivity index (χ3n) is 2.95. The summed E-state index contributed by atoms with van der Waals surface area (Å²) in [5.41, 5.74) is 0. The zero-order valence-corrected chi connectivity index (χ0v) is 10.7. The molecule has 0 saturated carbocycles. The maximum absolute atomic E-state index is 10.9. The molecule has 0 aliphatic rings. The van der Waals surface area contributed by atoms with Crippen molar-refractivity contribution in [1.29, 1.82) is 0 Å². The van der Waals surface area contributed by atoms with Crippen molar-refractivity contribution in [2.24, 2.45) is 5.92 Å². The Hall–Kier alpha value is 0.576. The van der Waals surface area contributed by atoms with Crippen molar-refractivity contribution in [3.8, 4) is 0 Å². The molecule has 0 aromatic heterocycles. The molecule has 0 heterocycles. The molecule has 0 saturated heterocycles. The van der Waals surface area contributed by atoms with Crippen LogP contribution in [0.1, 0.15) is 64.7 Å². The van der Waals surface area contributed by atoms with E-state index in [4.69, 9.17) is 10.2 Å². The molecule has 0 rings (SSSR count). The van der Waals surface area contributed by atoms with Crippen LogP contribution in [0, 0.1) is 5.92 Å². The Labute approximate surface area is 152 Å². The van der Waals surface area contributed by atoms with E-state index in [1.807, 2.05) is 0 Å². The summed E-state index contributed by atoms with van der Waals surface area (Å²) in [6.07, 6.45) is 7.26. The number of hydrogen-bond donors (Lipinski definition) is 2. The van der Waals surface area contributed by atoms with E-state index in [9.17, 15) is 9.59 Å². The average Bonchev–Trinajstić information content (AvgIpc) is 2.25. The molecule has 0 radical (unpaired) electrons. The second-order valence-electron chi connectivity index (χ2n) is 4.52. The molecule has 0 aliphatic heterocycles. The number of carbonyl (C=O) groups is 2. The van der Waals surface area contributed by atoms with Crippen molar-refractivity contribution in [1.82, 2.24) is 0 Å². The molecule has 1 atom stereocenters. The molecule has 0 bridgehead atoms. The van der Waals surface area contributed by atoms with Gasteiger partial charge in [-0.3, -0.25) is 9.59 Å². The molecule has 0 spiro atoms. The van der Waals surface area contributed by atoms with Crippen LogP contribution in [-0.2, 0) is 9.59 Å². The zero-order chi connectivity index (χ0) is 13.1. The van der Waals surface area contributed by atoms with Crippen LogP contribution in [0.15, 0.2) is 0 Å². The van der Waals surface area contributed by atoms with Gasteiger partial charge >= 0.3 is 63.3 Å². The summed E-state index contributed by atoms with van der Waals surface area (Å²) in [6.45, 7) is 2.14. The number of hydrogen-bond acceptors (Lipinski definition) is 2. The van der Waals surface area contributed by atoms with Gasteiger partial charge in [0.15, 0.2) is 0 Å². The summed E-state index contributed by atoms with van der Waals surface area (Å²) in [5, 5.41) is 17.5. The van der Waals surface area contributed by atoms with Gasteiger partial charge in [-0.2, -0.15) is 0 Å². The average molecular weight is 284 g/mol. The van der Waals surface area contributed by atoms with E-state index in [1.54, 1.807) is 0 Å². The van der Waals surface area contributed by atoms with Gasteiger partial charge in [0.2, 0.25) is 0 Å². The van der Waals surface area contributed by atoms with E-state index in [0.29, 0.717) is 19.3 Å². The maximum atomic E-state index is 10.9. The number of carboxylic acid groups (broad SMARTS) is 2. The summed E-state index contributed by atoms with van der Waals surface area (Å²) in [6, 6.07) is 0. The fourth-order valence-electron chi connectivity index (χ4n) is 1.89. The third kappa shape index (κ3) is 13.0. The van der Waals surface area contributed by atoms with E-state index in [2.05, 4.69) is 6.92 Å². The van der Waals surface area contributed by atoms with Crippen molar-refractivity contribution in [2.75, 3.05) is 0 Å². The number of aliphatic carboxylic acids is 2. The molecule has 18 heavy (non-hydrogen) atoms. The second kappa shape index (κ2) is 14.0. The SMILES string of the molecule is CCCCCCCC(CCCC(=O)O)C(=O)O.[KH]. The first-order valence-corrected chi connectivity index (χ1v) is 6.52. The number of carboxylic acids is 2. The normalized spacial score (nSPS) is 11.6. The first-order valence-electron chi connectivity index (χ1n) is 6.52. The molecule has 0 aromatic carbocycles. The van der Waals surface area contributed by atoms with E-state index < -0.39 is 11.9 Å². The molecule has 102 valence electrons. The molecule has 0 aromatic rings. The Balaban J connectivity index is 0.